The van der Waals surface area contributed by atoms with Crippen molar-refractivity contribution in [1.29, 1.82) is 0 Å². The number of nitrogens with zero attached hydrogens (tertiary/aromatic N) is 3. The van der Waals surface area contributed by atoms with Crippen molar-refractivity contribution in [2.75, 3.05) is 17.7 Å². The van der Waals surface area contributed by atoms with Gasteiger partial charge in [0.2, 0.25) is 5.95 Å². The molecule has 0 spiro atoms. The van der Waals surface area contributed by atoms with Crippen LogP contribution in [0.3, 0.4) is 0 Å². The first kappa shape index (κ1) is 15.6. The average Bonchev–Trinajstić information content (AvgIpc) is 2.58. The lowest BCUT2D eigenvalue weighted by atomic mass is 10.3. The van der Waals surface area contributed by atoms with Crippen LogP contribution in [0.1, 0.15) is 0 Å². The molecule has 6 nitrogen and oxygen atoms in total. The molecule has 0 unspecified atom stereocenters. The highest BCUT2D eigenvalue weighted by Crippen LogP contribution is 2.21. The Morgan fingerprint density at radius 3 is 2.50 bits per heavy atom. The van der Waals surface area contributed by atoms with Crippen LogP contribution in [-0.4, -0.2) is 22.3 Å². The normalized spacial score (nSPS) is 10.3. The second kappa shape index (κ2) is 6.86. The SMILES string of the molecule is COc1ccc(Nc2nncc(Nc3ccc(F)cc3F)n2)cc1. The molecular weight excluding hydrogens is 316 g/mol. The number of benzene rings is 2. The van der Waals surface area contributed by atoms with Crippen LogP contribution < -0.4 is 15.4 Å². The maximum absolute atomic E-state index is 13.7. The van der Waals surface area contributed by atoms with E-state index in [1.54, 1.807) is 31.4 Å². The lowest BCUT2D eigenvalue weighted by Gasteiger charge is -2.09. The highest BCUT2D eigenvalue weighted by atomic mass is 19.1. The minimum atomic E-state index is -0.724. The van der Waals surface area contributed by atoms with Gasteiger partial charge in [0.25, 0.3) is 0 Å². The zero-order valence-corrected chi connectivity index (χ0v) is 12.6. The molecule has 0 bridgehead atoms. The number of hydrogen-bond donors (Lipinski definition) is 2. The fraction of sp³-hybridized carbons (Fsp3) is 0.0625. The highest BCUT2D eigenvalue weighted by molar-refractivity contribution is 5.59. The first-order valence-corrected chi connectivity index (χ1v) is 6.97. The number of methoxy groups -OCH3 is 1. The molecule has 3 rings (SSSR count). The maximum atomic E-state index is 13.7. The predicted octanol–water partition coefficient (Wildman–Crippen LogP) is 3.65. The van der Waals surface area contributed by atoms with Gasteiger partial charge in [-0.2, -0.15) is 10.1 Å². The van der Waals surface area contributed by atoms with E-state index < -0.39 is 11.6 Å². The first-order valence-electron chi connectivity index (χ1n) is 6.97. The molecule has 0 saturated carbocycles. The first-order chi connectivity index (χ1) is 11.6. The standard InChI is InChI=1S/C16H13F2N5O/c1-24-12-5-3-11(4-6-12)20-16-22-15(9-19-23-16)21-14-7-2-10(17)8-13(14)18/h2-9H,1H3,(H2,20,21,22,23). The number of ether oxygens (including phenoxy) is 1. The average molecular weight is 329 g/mol. The van der Waals surface area contributed by atoms with Gasteiger partial charge in [0.1, 0.15) is 17.4 Å². The molecule has 0 aliphatic rings. The fourth-order valence-electron chi connectivity index (χ4n) is 1.95. The quantitative estimate of drug-likeness (QED) is 0.744. The maximum Gasteiger partial charge on any atom is 0.249 e. The minimum Gasteiger partial charge on any atom is -0.497 e. The summed E-state index contributed by atoms with van der Waals surface area (Å²) in [6.07, 6.45) is 1.34. The van der Waals surface area contributed by atoms with E-state index in [1.165, 1.54) is 12.3 Å². The summed E-state index contributed by atoms with van der Waals surface area (Å²) in [4.78, 5) is 4.18. The fourth-order valence-corrected chi connectivity index (χ4v) is 1.95. The van der Waals surface area contributed by atoms with Gasteiger partial charge in [-0.05, 0) is 36.4 Å². The van der Waals surface area contributed by atoms with Crippen LogP contribution >= 0.6 is 0 Å². The van der Waals surface area contributed by atoms with Crippen molar-refractivity contribution in [3.05, 3.63) is 60.3 Å². The molecule has 2 aromatic carbocycles. The van der Waals surface area contributed by atoms with Gasteiger partial charge in [-0.15, -0.1) is 5.10 Å². The molecule has 24 heavy (non-hydrogen) atoms. The summed E-state index contributed by atoms with van der Waals surface area (Å²) >= 11 is 0. The van der Waals surface area contributed by atoms with E-state index >= 15 is 0 Å². The molecule has 2 N–H and O–H groups in total. The Balaban J connectivity index is 1.75. The smallest absolute Gasteiger partial charge is 0.249 e. The van der Waals surface area contributed by atoms with Crippen LogP contribution in [0.5, 0.6) is 5.75 Å². The van der Waals surface area contributed by atoms with Crippen molar-refractivity contribution < 1.29 is 13.5 Å². The van der Waals surface area contributed by atoms with Crippen molar-refractivity contribution in [3.63, 3.8) is 0 Å². The van der Waals surface area contributed by atoms with Gasteiger partial charge in [-0.1, -0.05) is 0 Å². The lowest BCUT2D eigenvalue weighted by molar-refractivity contribution is 0.415. The van der Waals surface area contributed by atoms with E-state index in [0.717, 1.165) is 23.6 Å². The third-order valence-electron chi connectivity index (χ3n) is 3.10. The van der Waals surface area contributed by atoms with Crippen LogP contribution in [-0.2, 0) is 0 Å². The Hall–Kier alpha value is -3.29. The molecule has 3 aromatic rings. The van der Waals surface area contributed by atoms with Crippen LogP contribution in [0.25, 0.3) is 0 Å². The number of nitrogens with one attached hydrogen (secondary N) is 2. The molecule has 1 heterocycles. The molecule has 0 atom stereocenters. The summed E-state index contributed by atoms with van der Waals surface area (Å²) in [6.45, 7) is 0. The summed E-state index contributed by atoms with van der Waals surface area (Å²) in [6, 6.07) is 10.4. The van der Waals surface area contributed by atoms with Crippen LogP contribution in [0.15, 0.2) is 48.7 Å². The summed E-state index contributed by atoms with van der Waals surface area (Å²) in [5, 5.41) is 13.4. The van der Waals surface area contributed by atoms with E-state index in [2.05, 4.69) is 25.8 Å². The Kier molecular flexibility index (Phi) is 4.46. The molecule has 0 radical (unpaired) electrons. The number of hydrogen-bond acceptors (Lipinski definition) is 6. The van der Waals surface area contributed by atoms with E-state index in [9.17, 15) is 8.78 Å². The Labute approximate surface area is 136 Å². The number of aromatic nitrogens is 3. The van der Waals surface area contributed by atoms with Gasteiger partial charge < -0.3 is 15.4 Å². The van der Waals surface area contributed by atoms with E-state index in [-0.39, 0.29) is 17.5 Å². The summed E-state index contributed by atoms with van der Waals surface area (Å²) in [5.74, 6) is -0.153. The Morgan fingerprint density at radius 1 is 1.00 bits per heavy atom. The van der Waals surface area contributed by atoms with Gasteiger partial charge in [0.15, 0.2) is 5.82 Å². The topological polar surface area (TPSA) is 72.0 Å². The van der Waals surface area contributed by atoms with Crippen LogP contribution in [0.2, 0.25) is 0 Å². The molecule has 122 valence electrons. The van der Waals surface area contributed by atoms with Crippen molar-refractivity contribution in [1.82, 2.24) is 15.2 Å². The van der Waals surface area contributed by atoms with E-state index in [0.29, 0.717) is 0 Å². The van der Waals surface area contributed by atoms with Crippen molar-refractivity contribution >= 4 is 23.1 Å². The third kappa shape index (κ3) is 3.72. The molecule has 1 aromatic heterocycles. The zero-order valence-electron chi connectivity index (χ0n) is 12.6. The largest absolute Gasteiger partial charge is 0.497 e. The number of halogens is 2. The monoisotopic (exact) mass is 329 g/mol. The highest BCUT2D eigenvalue weighted by Gasteiger charge is 2.07. The Bertz CT molecular complexity index is 842. The molecule has 8 heteroatoms. The minimum absolute atomic E-state index is 0.0901. The second-order valence-electron chi connectivity index (χ2n) is 4.77. The molecule has 0 amide bonds. The molecule has 0 fully saturated rings. The van der Waals surface area contributed by atoms with E-state index in [4.69, 9.17) is 4.74 Å². The number of rotatable bonds is 5. The summed E-state index contributed by atoms with van der Waals surface area (Å²) in [5.41, 5.74) is 0.829. The molecule has 0 saturated heterocycles. The van der Waals surface area contributed by atoms with Gasteiger partial charge in [-0.25, -0.2) is 8.78 Å². The predicted molar refractivity (Wildman–Crippen MR) is 85.7 cm³/mol. The van der Waals surface area contributed by atoms with E-state index in [1.807, 2.05) is 0 Å². The Morgan fingerprint density at radius 2 is 1.79 bits per heavy atom. The van der Waals surface area contributed by atoms with Gasteiger partial charge in [-0.3, -0.25) is 0 Å². The molecule has 0 aliphatic heterocycles. The third-order valence-corrected chi connectivity index (χ3v) is 3.10. The van der Waals surface area contributed by atoms with Crippen LogP contribution in [0, 0.1) is 11.6 Å². The van der Waals surface area contributed by atoms with Crippen molar-refractivity contribution in [2.45, 2.75) is 0 Å². The second-order valence-corrected chi connectivity index (χ2v) is 4.77. The van der Waals surface area contributed by atoms with Crippen LogP contribution in [0.4, 0.5) is 31.9 Å². The summed E-state index contributed by atoms with van der Waals surface area (Å²) < 4.78 is 31.7. The zero-order chi connectivity index (χ0) is 16.9. The van der Waals surface area contributed by atoms with Crippen molar-refractivity contribution in [3.8, 4) is 5.75 Å². The lowest BCUT2D eigenvalue weighted by Crippen LogP contribution is -2.03. The molecular formula is C16H13F2N5O. The molecule has 0 aliphatic carbocycles. The summed E-state index contributed by atoms with van der Waals surface area (Å²) in [7, 11) is 1.58. The van der Waals surface area contributed by atoms with Gasteiger partial charge in [0, 0.05) is 11.8 Å². The number of anilines is 4. The van der Waals surface area contributed by atoms with Crippen molar-refractivity contribution in [2.24, 2.45) is 0 Å². The van der Waals surface area contributed by atoms with Gasteiger partial charge in [0.05, 0.1) is 19.0 Å². The van der Waals surface area contributed by atoms with Gasteiger partial charge >= 0.3 is 0 Å².